The van der Waals surface area contributed by atoms with Crippen molar-refractivity contribution in [3.63, 3.8) is 0 Å². The monoisotopic (exact) mass is 1530 g/mol. The van der Waals surface area contributed by atoms with Gasteiger partial charge < -0.3 is 18.3 Å². The van der Waals surface area contributed by atoms with Crippen LogP contribution in [0.25, 0.3) is 222 Å². The van der Waals surface area contributed by atoms with Crippen LogP contribution in [0.1, 0.15) is 0 Å². The highest BCUT2D eigenvalue weighted by atomic mass is 15.1. The summed E-state index contributed by atoms with van der Waals surface area (Å²) >= 11 is 0. The van der Waals surface area contributed by atoms with E-state index in [4.69, 9.17) is 24.9 Å². The fourth-order valence-corrected chi connectivity index (χ4v) is 18.1. The van der Waals surface area contributed by atoms with E-state index < -0.39 is 0 Å². The van der Waals surface area contributed by atoms with Gasteiger partial charge in [-0.2, -0.15) is 0 Å². The van der Waals surface area contributed by atoms with E-state index in [-0.39, 0.29) is 0 Å². The summed E-state index contributed by atoms with van der Waals surface area (Å²) in [5.41, 5.74) is 26.0. The number of benzene rings is 18. The number of nitrogens with zero attached hydrogens (tertiary/aromatic N) is 9. The molecule has 0 saturated heterocycles. The Morgan fingerprint density at radius 3 is 0.833 bits per heavy atom. The van der Waals surface area contributed by atoms with Crippen molar-refractivity contribution in [2.45, 2.75) is 0 Å². The molecule has 0 aliphatic carbocycles. The van der Waals surface area contributed by atoms with Gasteiger partial charge in [0, 0.05) is 99.2 Å². The van der Waals surface area contributed by atoms with Crippen molar-refractivity contribution in [3.8, 4) is 113 Å². The Morgan fingerprint density at radius 2 is 0.433 bits per heavy atom. The van der Waals surface area contributed by atoms with Crippen molar-refractivity contribution in [2.24, 2.45) is 0 Å². The van der Waals surface area contributed by atoms with E-state index in [0.29, 0.717) is 23.3 Å². The molecule has 0 atom stereocenters. The molecule has 9 heteroatoms. The standard InChI is InChI=1S/C56H36N4.C55H35N5/c1-4-17-37(18-5-1)40-24-16-25-42(31-40)59-52-29-14-12-27-45(52)48-34-49-46-28-13-15-30-53(46)60(55(49)36-54(48)59)43-32-41-23-10-11-26-44(41)47(33-43)51-35-50(38-19-6-2-7-20-38)57-56(58-51)39-21-8-3-9-22-39;1-4-17-36(18-5-1)39-24-16-25-41(31-39)59-49-29-14-12-27-44(49)46-34-47-45-28-13-15-30-50(45)60(52(47)35-51(46)59)42-32-40-23-10-11-26-43(40)48(33-42)55-57-53(37-19-6-2-7-20-37)56-54(58-55)38-21-8-3-9-22-38/h1-36H;1-35H. The molecule has 0 unspecified atom stereocenters. The maximum Gasteiger partial charge on any atom is 0.164 e. The summed E-state index contributed by atoms with van der Waals surface area (Å²) in [6.45, 7) is 0. The summed E-state index contributed by atoms with van der Waals surface area (Å²) < 4.78 is 9.71. The van der Waals surface area contributed by atoms with E-state index in [2.05, 4.69) is 388 Å². The Hall–Kier alpha value is -16.2. The quantitative estimate of drug-likeness (QED) is 0.122. The lowest BCUT2D eigenvalue weighted by Gasteiger charge is -2.15. The summed E-state index contributed by atoms with van der Waals surface area (Å²) in [6, 6.07) is 153. The molecule has 560 valence electrons. The zero-order chi connectivity index (χ0) is 79.1. The maximum absolute atomic E-state index is 5.31. The largest absolute Gasteiger partial charge is 0.309 e. The first-order valence-corrected chi connectivity index (χ1v) is 40.7. The Labute approximate surface area is 691 Å². The predicted molar refractivity (Wildman–Crippen MR) is 498 cm³/mol. The van der Waals surface area contributed by atoms with Gasteiger partial charge in [0.2, 0.25) is 0 Å². The summed E-state index contributed by atoms with van der Waals surface area (Å²) in [7, 11) is 0. The van der Waals surface area contributed by atoms with E-state index in [0.717, 1.165) is 122 Å². The number of aromatic nitrogens is 9. The molecular formula is C111H71N9. The molecule has 0 spiro atoms. The van der Waals surface area contributed by atoms with Crippen LogP contribution in [-0.4, -0.2) is 43.2 Å². The van der Waals surface area contributed by atoms with Crippen LogP contribution in [0.2, 0.25) is 0 Å². The van der Waals surface area contributed by atoms with Gasteiger partial charge in [0.15, 0.2) is 23.3 Å². The van der Waals surface area contributed by atoms with Crippen molar-refractivity contribution in [1.82, 2.24) is 43.2 Å². The Morgan fingerprint density at radius 1 is 0.142 bits per heavy atom. The number of rotatable bonds is 12. The molecule has 6 aromatic heterocycles. The van der Waals surface area contributed by atoms with Gasteiger partial charge in [0.05, 0.1) is 55.5 Å². The van der Waals surface area contributed by atoms with E-state index in [1.54, 1.807) is 0 Å². The second-order valence-corrected chi connectivity index (χ2v) is 30.7. The first kappa shape index (κ1) is 69.3. The Bertz CT molecular complexity index is 7540. The minimum Gasteiger partial charge on any atom is -0.309 e. The van der Waals surface area contributed by atoms with E-state index >= 15 is 0 Å². The third-order valence-corrected chi connectivity index (χ3v) is 23.6. The molecule has 0 aliphatic heterocycles. The summed E-state index contributed by atoms with van der Waals surface area (Å²) in [5.74, 6) is 2.60. The molecule has 0 radical (unpaired) electrons. The van der Waals surface area contributed by atoms with Gasteiger partial charge >= 0.3 is 0 Å². The number of para-hydroxylation sites is 4. The summed E-state index contributed by atoms with van der Waals surface area (Å²) in [5, 5.41) is 14.2. The van der Waals surface area contributed by atoms with Crippen molar-refractivity contribution >= 4 is 109 Å². The second-order valence-electron chi connectivity index (χ2n) is 30.7. The topological polar surface area (TPSA) is 84.2 Å². The van der Waals surface area contributed by atoms with Gasteiger partial charge in [-0.15, -0.1) is 0 Å². The predicted octanol–water partition coefficient (Wildman–Crippen LogP) is 28.4. The van der Waals surface area contributed by atoms with Crippen LogP contribution in [-0.2, 0) is 0 Å². The lowest BCUT2D eigenvalue weighted by atomic mass is 9.99. The van der Waals surface area contributed by atoms with Gasteiger partial charge in [-0.25, -0.2) is 24.9 Å². The number of hydrogen-bond donors (Lipinski definition) is 0. The van der Waals surface area contributed by atoms with Crippen LogP contribution in [0.3, 0.4) is 0 Å². The molecule has 0 amide bonds. The average molecular weight is 1530 g/mol. The van der Waals surface area contributed by atoms with Gasteiger partial charge in [-0.05, 0) is 147 Å². The minimum atomic E-state index is 0.627. The molecule has 0 bridgehead atoms. The smallest absolute Gasteiger partial charge is 0.164 e. The minimum absolute atomic E-state index is 0.627. The highest BCUT2D eigenvalue weighted by Gasteiger charge is 2.25. The Kier molecular flexibility index (Phi) is 16.7. The van der Waals surface area contributed by atoms with Crippen molar-refractivity contribution < 1.29 is 0 Å². The fraction of sp³-hybridized carbons (Fsp3) is 0. The highest BCUT2D eigenvalue weighted by molar-refractivity contribution is 6.21. The van der Waals surface area contributed by atoms with Crippen molar-refractivity contribution in [1.29, 1.82) is 0 Å². The SMILES string of the molecule is c1ccc(-c2cccc(-n3c4ccccc4c4cc5c6ccccc6n(-c6cc(-c7cc(-c8ccccc8)nc(-c8ccccc8)n7)c7ccccc7c6)c5cc43)c2)cc1.c1ccc(-c2cccc(-n3c4ccccc4c4cc5c6ccccc6n(-c6cc(-c7nc(-c8ccccc8)nc(-c8ccccc8)n7)c7ccccc7c6)c5cc43)c2)cc1. The number of hydrogen-bond acceptors (Lipinski definition) is 5. The van der Waals surface area contributed by atoms with Crippen molar-refractivity contribution in [3.05, 3.63) is 431 Å². The molecule has 9 nitrogen and oxygen atoms in total. The van der Waals surface area contributed by atoms with Gasteiger partial charge in [0.25, 0.3) is 0 Å². The second kappa shape index (κ2) is 28.9. The summed E-state index contributed by atoms with van der Waals surface area (Å²) in [4.78, 5) is 25.8. The van der Waals surface area contributed by atoms with Crippen LogP contribution in [0, 0.1) is 0 Å². The first-order chi connectivity index (χ1) is 59.5. The molecule has 6 heterocycles. The Balaban J connectivity index is 0.000000140. The first-order valence-electron chi connectivity index (χ1n) is 40.7. The van der Waals surface area contributed by atoms with Gasteiger partial charge in [0.1, 0.15) is 0 Å². The molecule has 0 fully saturated rings. The van der Waals surface area contributed by atoms with Crippen LogP contribution in [0.15, 0.2) is 431 Å². The normalized spacial score (nSPS) is 11.7. The van der Waals surface area contributed by atoms with Crippen LogP contribution < -0.4 is 0 Å². The molecule has 18 aromatic carbocycles. The molecule has 0 N–H and O–H groups in total. The number of fused-ring (bicyclic) bond motifs is 14. The third kappa shape index (κ3) is 12.0. The van der Waals surface area contributed by atoms with E-state index in [1.165, 1.54) is 76.4 Å². The molecule has 0 saturated carbocycles. The van der Waals surface area contributed by atoms with Crippen LogP contribution in [0.5, 0.6) is 0 Å². The third-order valence-electron chi connectivity index (χ3n) is 23.6. The average Bonchev–Trinajstić information content (AvgIpc) is 1.56. The molecular weight excluding hydrogens is 1460 g/mol. The van der Waals surface area contributed by atoms with Gasteiger partial charge in [-0.3, -0.25) is 0 Å². The zero-order valence-electron chi connectivity index (χ0n) is 65.0. The summed E-state index contributed by atoms with van der Waals surface area (Å²) in [6.07, 6.45) is 0. The van der Waals surface area contributed by atoms with Crippen LogP contribution >= 0.6 is 0 Å². The molecule has 0 aliphatic rings. The molecule has 120 heavy (non-hydrogen) atoms. The van der Waals surface area contributed by atoms with E-state index in [1.807, 2.05) is 60.7 Å². The van der Waals surface area contributed by atoms with Crippen molar-refractivity contribution in [2.75, 3.05) is 0 Å². The van der Waals surface area contributed by atoms with E-state index in [9.17, 15) is 0 Å². The van der Waals surface area contributed by atoms with Crippen LogP contribution in [0.4, 0.5) is 0 Å². The highest BCUT2D eigenvalue weighted by Crippen LogP contribution is 2.46. The van der Waals surface area contributed by atoms with Gasteiger partial charge in [-0.1, -0.05) is 328 Å². The zero-order valence-corrected chi connectivity index (χ0v) is 65.0. The molecule has 24 aromatic rings. The fourth-order valence-electron chi connectivity index (χ4n) is 18.1. The maximum atomic E-state index is 5.31. The molecule has 24 rings (SSSR count). The lowest BCUT2D eigenvalue weighted by Crippen LogP contribution is -2.02. The lowest BCUT2D eigenvalue weighted by molar-refractivity contribution is 1.07.